The van der Waals surface area contributed by atoms with Crippen molar-refractivity contribution in [3.63, 3.8) is 0 Å². The molecule has 3 nitrogen and oxygen atoms in total. The maximum atomic E-state index is 12.5. The molecule has 1 aromatic carbocycles. The minimum absolute atomic E-state index is 0.163. The van der Waals surface area contributed by atoms with Crippen molar-refractivity contribution in [3.05, 3.63) is 23.3 Å². The van der Waals surface area contributed by atoms with Crippen LogP contribution in [-0.4, -0.2) is 20.0 Å². The largest absolute Gasteiger partial charge is 0.496 e. The number of hydrogen-bond donors (Lipinski definition) is 0. The van der Waals surface area contributed by atoms with Crippen LogP contribution in [0.5, 0.6) is 11.5 Å². The summed E-state index contributed by atoms with van der Waals surface area (Å²) in [5.74, 6) is 2.29. The van der Waals surface area contributed by atoms with E-state index in [2.05, 4.69) is 0 Å². The average Bonchev–Trinajstić information content (AvgIpc) is 2.53. The number of Topliss-reactive ketones (excluding diaryl/α,β-unsaturated/α-hetero) is 1. The SMILES string of the molecule is COc1cc(C(=O)CCC2CCCCC2)c(OC)cc1C. The van der Waals surface area contributed by atoms with Crippen LogP contribution in [0.15, 0.2) is 12.1 Å². The summed E-state index contributed by atoms with van der Waals surface area (Å²) in [6.07, 6.45) is 8.16. The van der Waals surface area contributed by atoms with E-state index in [1.807, 2.05) is 19.1 Å². The Bertz CT molecular complexity index is 487. The molecule has 0 N–H and O–H groups in total. The van der Waals surface area contributed by atoms with Crippen LogP contribution >= 0.6 is 0 Å². The minimum atomic E-state index is 0.163. The van der Waals surface area contributed by atoms with Gasteiger partial charge >= 0.3 is 0 Å². The summed E-state index contributed by atoms with van der Waals surface area (Å²) in [4.78, 5) is 12.5. The van der Waals surface area contributed by atoms with Gasteiger partial charge in [0.25, 0.3) is 0 Å². The normalized spacial score (nSPS) is 15.8. The van der Waals surface area contributed by atoms with Crippen LogP contribution in [0.1, 0.15) is 60.9 Å². The van der Waals surface area contributed by atoms with Crippen LogP contribution in [-0.2, 0) is 0 Å². The molecule has 0 aliphatic heterocycles. The van der Waals surface area contributed by atoms with Crippen LogP contribution < -0.4 is 9.47 Å². The second-order valence-corrected chi connectivity index (χ2v) is 5.99. The van der Waals surface area contributed by atoms with Crippen molar-refractivity contribution in [2.24, 2.45) is 5.92 Å². The number of benzene rings is 1. The van der Waals surface area contributed by atoms with Gasteiger partial charge in [-0.2, -0.15) is 0 Å². The molecule has 0 heterocycles. The molecule has 1 fully saturated rings. The van der Waals surface area contributed by atoms with Crippen molar-refractivity contribution >= 4 is 5.78 Å². The Morgan fingerprint density at radius 1 is 1.10 bits per heavy atom. The molecule has 0 saturated heterocycles. The molecule has 2 rings (SSSR count). The fourth-order valence-electron chi connectivity index (χ4n) is 3.21. The van der Waals surface area contributed by atoms with E-state index in [9.17, 15) is 4.79 Å². The second-order valence-electron chi connectivity index (χ2n) is 5.99. The molecule has 3 heteroatoms. The lowest BCUT2D eigenvalue weighted by Gasteiger charge is -2.21. The van der Waals surface area contributed by atoms with E-state index >= 15 is 0 Å². The molecule has 0 bridgehead atoms. The molecular weight excluding hydrogens is 264 g/mol. The van der Waals surface area contributed by atoms with E-state index in [0.717, 1.165) is 23.7 Å². The first-order valence-electron chi connectivity index (χ1n) is 7.91. The van der Waals surface area contributed by atoms with Gasteiger partial charge in [-0.25, -0.2) is 0 Å². The van der Waals surface area contributed by atoms with Crippen LogP contribution in [0.4, 0.5) is 0 Å². The molecule has 0 unspecified atom stereocenters. The predicted octanol–water partition coefficient (Wildman–Crippen LogP) is 4.56. The van der Waals surface area contributed by atoms with Gasteiger partial charge < -0.3 is 9.47 Å². The number of carbonyl (C=O) groups is 1. The Kier molecular flexibility index (Phi) is 5.66. The highest BCUT2D eigenvalue weighted by atomic mass is 16.5. The van der Waals surface area contributed by atoms with Crippen molar-refractivity contribution in [2.75, 3.05) is 14.2 Å². The molecule has 0 aromatic heterocycles. The fourth-order valence-corrected chi connectivity index (χ4v) is 3.21. The first-order valence-corrected chi connectivity index (χ1v) is 7.91. The fraction of sp³-hybridized carbons (Fsp3) is 0.611. The molecule has 1 aliphatic rings. The van der Waals surface area contributed by atoms with Crippen molar-refractivity contribution in [3.8, 4) is 11.5 Å². The Balaban J connectivity index is 2.06. The molecule has 21 heavy (non-hydrogen) atoms. The van der Waals surface area contributed by atoms with Gasteiger partial charge in [-0.05, 0) is 37.0 Å². The second kappa shape index (κ2) is 7.48. The van der Waals surface area contributed by atoms with Gasteiger partial charge in [-0.3, -0.25) is 4.79 Å². The molecule has 0 radical (unpaired) electrons. The van der Waals surface area contributed by atoms with E-state index in [4.69, 9.17) is 9.47 Å². The zero-order valence-corrected chi connectivity index (χ0v) is 13.4. The summed E-state index contributed by atoms with van der Waals surface area (Å²) in [6, 6.07) is 3.70. The molecular formula is C18H26O3. The summed E-state index contributed by atoms with van der Waals surface area (Å²) in [7, 11) is 3.24. The van der Waals surface area contributed by atoms with Gasteiger partial charge in [0.05, 0.1) is 19.8 Å². The smallest absolute Gasteiger partial charge is 0.166 e. The van der Waals surface area contributed by atoms with Crippen molar-refractivity contribution < 1.29 is 14.3 Å². The van der Waals surface area contributed by atoms with Gasteiger partial charge in [0, 0.05) is 6.42 Å². The number of ketones is 1. The molecule has 0 amide bonds. The Hall–Kier alpha value is -1.51. The Morgan fingerprint density at radius 3 is 2.38 bits per heavy atom. The van der Waals surface area contributed by atoms with Crippen LogP contribution in [0, 0.1) is 12.8 Å². The molecule has 0 atom stereocenters. The number of ether oxygens (including phenoxy) is 2. The van der Waals surface area contributed by atoms with Gasteiger partial charge in [0.1, 0.15) is 11.5 Å². The van der Waals surface area contributed by atoms with E-state index in [-0.39, 0.29) is 5.78 Å². The van der Waals surface area contributed by atoms with Crippen LogP contribution in [0.2, 0.25) is 0 Å². The number of aryl methyl sites for hydroxylation is 1. The highest BCUT2D eigenvalue weighted by molar-refractivity contribution is 5.99. The van der Waals surface area contributed by atoms with Gasteiger partial charge in [-0.1, -0.05) is 32.1 Å². The lowest BCUT2D eigenvalue weighted by atomic mass is 9.85. The number of methoxy groups -OCH3 is 2. The monoisotopic (exact) mass is 290 g/mol. The van der Waals surface area contributed by atoms with E-state index < -0.39 is 0 Å². The van der Waals surface area contributed by atoms with Crippen LogP contribution in [0.3, 0.4) is 0 Å². The number of rotatable bonds is 6. The first kappa shape index (κ1) is 15.9. The lowest BCUT2D eigenvalue weighted by Crippen LogP contribution is -2.10. The van der Waals surface area contributed by atoms with E-state index in [1.54, 1.807) is 14.2 Å². The summed E-state index contributed by atoms with van der Waals surface area (Å²) >= 11 is 0. The topological polar surface area (TPSA) is 35.5 Å². The summed E-state index contributed by atoms with van der Waals surface area (Å²) in [5, 5.41) is 0. The first-order chi connectivity index (χ1) is 10.2. The zero-order chi connectivity index (χ0) is 15.2. The standard InChI is InChI=1S/C18H26O3/c1-13-11-18(21-3)15(12-17(13)20-2)16(19)10-9-14-7-5-4-6-8-14/h11-12,14H,4-10H2,1-3H3. The number of carbonyl (C=O) groups excluding carboxylic acids is 1. The Labute approximate surface area is 127 Å². The highest BCUT2D eigenvalue weighted by Gasteiger charge is 2.19. The summed E-state index contributed by atoms with van der Waals surface area (Å²) < 4.78 is 10.7. The number of hydrogen-bond acceptors (Lipinski definition) is 3. The maximum absolute atomic E-state index is 12.5. The summed E-state index contributed by atoms with van der Waals surface area (Å²) in [6.45, 7) is 1.96. The van der Waals surface area contributed by atoms with Gasteiger partial charge in [0.2, 0.25) is 0 Å². The third kappa shape index (κ3) is 3.99. The third-order valence-corrected chi connectivity index (χ3v) is 4.52. The maximum Gasteiger partial charge on any atom is 0.166 e. The minimum Gasteiger partial charge on any atom is -0.496 e. The highest BCUT2D eigenvalue weighted by Crippen LogP contribution is 2.31. The molecule has 1 aromatic rings. The average molecular weight is 290 g/mol. The van der Waals surface area contributed by atoms with E-state index in [1.165, 1.54) is 32.1 Å². The van der Waals surface area contributed by atoms with Gasteiger partial charge in [-0.15, -0.1) is 0 Å². The molecule has 116 valence electrons. The molecule has 0 spiro atoms. The van der Waals surface area contributed by atoms with Crippen molar-refractivity contribution in [1.82, 2.24) is 0 Å². The van der Waals surface area contributed by atoms with Gasteiger partial charge in [0.15, 0.2) is 5.78 Å². The van der Waals surface area contributed by atoms with Crippen molar-refractivity contribution in [2.45, 2.75) is 51.9 Å². The zero-order valence-electron chi connectivity index (χ0n) is 13.4. The third-order valence-electron chi connectivity index (χ3n) is 4.52. The van der Waals surface area contributed by atoms with Crippen LogP contribution in [0.25, 0.3) is 0 Å². The Morgan fingerprint density at radius 2 is 1.76 bits per heavy atom. The molecule has 1 aliphatic carbocycles. The lowest BCUT2D eigenvalue weighted by molar-refractivity contribution is 0.0967. The molecule has 1 saturated carbocycles. The predicted molar refractivity (Wildman–Crippen MR) is 84.4 cm³/mol. The van der Waals surface area contributed by atoms with E-state index in [0.29, 0.717) is 17.7 Å². The summed E-state index contributed by atoms with van der Waals surface area (Å²) in [5.41, 5.74) is 1.63. The van der Waals surface area contributed by atoms with Crippen molar-refractivity contribution in [1.29, 1.82) is 0 Å². The quantitative estimate of drug-likeness (QED) is 0.721.